The van der Waals surface area contributed by atoms with Gasteiger partial charge < -0.3 is 10.1 Å². The summed E-state index contributed by atoms with van der Waals surface area (Å²) < 4.78 is 5.16. The molecule has 2 aliphatic heterocycles. The van der Waals surface area contributed by atoms with E-state index in [1.165, 1.54) is 6.42 Å². The maximum absolute atomic E-state index is 11.9. The summed E-state index contributed by atoms with van der Waals surface area (Å²) in [6.45, 7) is 6.44. The summed E-state index contributed by atoms with van der Waals surface area (Å²) >= 11 is 0. The third kappa shape index (κ3) is 2.38. The number of nitrogens with one attached hydrogen (secondary N) is 1. The van der Waals surface area contributed by atoms with Gasteiger partial charge in [0.25, 0.3) is 0 Å². The Bertz CT molecular complexity index is 510. The summed E-state index contributed by atoms with van der Waals surface area (Å²) in [5.41, 5.74) is 0.721. The van der Waals surface area contributed by atoms with E-state index < -0.39 is 0 Å². The van der Waals surface area contributed by atoms with Crippen LogP contribution in [0.4, 0.5) is 10.6 Å². The number of carbonyl (C=O) groups is 1. The maximum atomic E-state index is 11.9. The van der Waals surface area contributed by atoms with Crippen LogP contribution in [0.5, 0.6) is 0 Å². The molecular formula is C15H21N3O2. The maximum Gasteiger partial charge on any atom is 0.416 e. The second-order valence-electron chi connectivity index (χ2n) is 6.17. The fourth-order valence-electron chi connectivity index (χ4n) is 2.91. The molecule has 108 valence electrons. The fraction of sp³-hybridized carbons (Fsp3) is 0.600. The van der Waals surface area contributed by atoms with E-state index in [1.807, 2.05) is 26.0 Å². The second-order valence-corrected chi connectivity index (χ2v) is 6.17. The molecule has 2 aliphatic rings. The Morgan fingerprint density at radius 2 is 2.30 bits per heavy atom. The molecule has 1 aromatic rings. The second kappa shape index (κ2) is 5.05. The van der Waals surface area contributed by atoms with Crippen LogP contribution in [0, 0.1) is 0 Å². The predicted molar refractivity (Wildman–Crippen MR) is 77.0 cm³/mol. The molecule has 1 N–H and O–H groups in total. The number of rotatable bonds is 2. The normalized spacial score (nSPS) is 25.6. The van der Waals surface area contributed by atoms with Crippen molar-refractivity contribution in [3.8, 4) is 0 Å². The third-order valence-electron chi connectivity index (χ3n) is 4.04. The van der Waals surface area contributed by atoms with Gasteiger partial charge in [0.05, 0.1) is 5.54 Å². The van der Waals surface area contributed by atoms with Crippen molar-refractivity contribution in [3.63, 3.8) is 0 Å². The lowest BCUT2D eigenvalue weighted by molar-refractivity contribution is 0.175. The van der Waals surface area contributed by atoms with E-state index in [4.69, 9.17) is 9.72 Å². The van der Waals surface area contributed by atoms with E-state index in [0.29, 0.717) is 18.3 Å². The zero-order chi connectivity index (χ0) is 14.2. The summed E-state index contributed by atoms with van der Waals surface area (Å²) in [6, 6.07) is 5.91. The lowest BCUT2D eigenvalue weighted by Crippen LogP contribution is -2.42. The Morgan fingerprint density at radius 3 is 2.95 bits per heavy atom. The first-order valence-electron chi connectivity index (χ1n) is 7.22. The monoisotopic (exact) mass is 275 g/mol. The zero-order valence-electron chi connectivity index (χ0n) is 12.1. The van der Waals surface area contributed by atoms with Crippen LogP contribution in [0.25, 0.3) is 0 Å². The highest BCUT2D eigenvalue weighted by molar-refractivity contribution is 5.90. The van der Waals surface area contributed by atoms with Crippen molar-refractivity contribution in [1.29, 1.82) is 0 Å². The summed E-state index contributed by atoms with van der Waals surface area (Å²) in [5, 5.41) is 3.40. The minimum absolute atomic E-state index is 0.304. The number of anilines is 1. The first kappa shape index (κ1) is 13.4. The molecule has 5 nitrogen and oxygen atoms in total. The quantitative estimate of drug-likeness (QED) is 0.899. The van der Waals surface area contributed by atoms with E-state index in [1.54, 1.807) is 4.90 Å². The summed E-state index contributed by atoms with van der Waals surface area (Å²) in [6.07, 6.45) is 2.02. The molecule has 0 saturated carbocycles. The number of pyridine rings is 1. The number of carbonyl (C=O) groups excluding carboxylic acids is 1. The van der Waals surface area contributed by atoms with Crippen LogP contribution < -0.4 is 10.2 Å². The first-order valence-corrected chi connectivity index (χ1v) is 7.22. The Balaban J connectivity index is 1.89. The zero-order valence-corrected chi connectivity index (χ0v) is 12.1. The van der Waals surface area contributed by atoms with Gasteiger partial charge >= 0.3 is 6.09 Å². The average molecular weight is 275 g/mol. The predicted octanol–water partition coefficient (Wildman–Crippen LogP) is 2.28. The van der Waals surface area contributed by atoms with Crippen LogP contribution in [-0.4, -0.2) is 36.3 Å². The lowest BCUT2D eigenvalue weighted by Gasteiger charge is -2.28. The Morgan fingerprint density at radius 1 is 1.45 bits per heavy atom. The van der Waals surface area contributed by atoms with Gasteiger partial charge in [0, 0.05) is 18.2 Å². The summed E-state index contributed by atoms with van der Waals surface area (Å²) in [5.74, 6) is 1.13. The van der Waals surface area contributed by atoms with Gasteiger partial charge in [0.1, 0.15) is 12.4 Å². The molecular weight excluding hydrogens is 254 g/mol. The lowest BCUT2D eigenvalue weighted by atomic mass is 9.95. The number of amides is 1. The van der Waals surface area contributed by atoms with Crippen molar-refractivity contribution in [2.24, 2.45) is 0 Å². The highest BCUT2D eigenvalue weighted by atomic mass is 16.6. The molecule has 0 radical (unpaired) electrons. The van der Waals surface area contributed by atoms with Crippen molar-refractivity contribution in [2.45, 2.75) is 38.1 Å². The highest BCUT2D eigenvalue weighted by Crippen LogP contribution is 2.30. The van der Waals surface area contributed by atoms with Crippen LogP contribution >= 0.6 is 0 Å². The molecule has 3 heterocycles. The number of hydrogen-bond acceptors (Lipinski definition) is 4. The van der Waals surface area contributed by atoms with Crippen LogP contribution in [0.3, 0.4) is 0 Å². The van der Waals surface area contributed by atoms with E-state index in [9.17, 15) is 4.79 Å². The molecule has 20 heavy (non-hydrogen) atoms. The highest BCUT2D eigenvalue weighted by Gasteiger charge is 2.41. The SMILES string of the molecule is CC1(C)COC(=O)N1c1cccc([C@@H]2CCCNC2)n1. The molecule has 0 aliphatic carbocycles. The van der Waals surface area contributed by atoms with Crippen molar-refractivity contribution in [1.82, 2.24) is 10.3 Å². The molecule has 3 rings (SSSR count). The Kier molecular flexibility index (Phi) is 3.38. The van der Waals surface area contributed by atoms with Crippen LogP contribution in [-0.2, 0) is 4.74 Å². The van der Waals surface area contributed by atoms with Crippen molar-refractivity contribution in [3.05, 3.63) is 23.9 Å². The number of aromatic nitrogens is 1. The smallest absolute Gasteiger partial charge is 0.416 e. The fourth-order valence-corrected chi connectivity index (χ4v) is 2.91. The van der Waals surface area contributed by atoms with Gasteiger partial charge in [0.15, 0.2) is 0 Å². The Labute approximate surface area is 119 Å². The Hall–Kier alpha value is -1.62. The molecule has 0 spiro atoms. The number of cyclic esters (lactones) is 1. The molecule has 2 saturated heterocycles. The standard InChI is InChI=1S/C15H21N3O2/c1-15(2)10-20-14(19)18(15)13-7-3-6-12(17-13)11-5-4-8-16-9-11/h3,6-7,11,16H,4-5,8-10H2,1-2H3/t11-/m1/s1. The van der Waals surface area contributed by atoms with Crippen molar-refractivity contribution < 1.29 is 9.53 Å². The minimum Gasteiger partial charge on any atom is -0.447 e. The largest absolute Gasteiger partial charge is 0.447 e. The molecule has 1 aromatic heterocycles. The van der Waals surface area contributed by atoms with E-state index in [0.717, 1.165) is 25.2 Å². The van der Waals surface area contributed by atoms with Gasteiger partial charge in [-0.05, 0) is 45.4 Å². The van der Waals surface area contributed by atoms with Crippen molar-refractivity contribution >= 4 is 11.9 Å². The average Bonchev–Trinajstić information content (AvgIpc) is 2.73. The van der Waals surface area contributed by atoms with E-state index in [2.05, 4.69) is 11.4 Å². The number of piperidine rings is 1. The van der Waals surface area contributed by atoms with Gasteiger partial charge in [-0.25, -0.2) is 9.78 Å². The van der Waals surface area contributed by atoms with Gasteiger partial charge in [-0.3, -0.25) is 4.90 Å². The number of hydrogen-bond donors (Lipinski definition) is 1. The molecule has 1 amide bonds. The molecule has 2 fully saturated rings. The topological polar surface area (TPSA) is 54.5 Å². The van der Waals surface area contributed by atoms with Crippen LogP contribution in [0.2, 0.25) is 0 Å². The molecule has 5 heteroatoms. The van der Waals surface area contributed by atoms with Crippen LogP contribution in [0.1, 0.15) is 38.3 Å². The van der Waals surface area contributed by atoms with Gasteiger partial charge in [-0.15, -0.1) is 0 Å². The molecule has 0 unspecified atom stereocenters. The summed E-state index contributed by atoms with van der Waals surface area (Å²) in [7, 11) is 0. The van der Waals surface area contributed by atoms with Gasteiger partial charge in [-0.1, -0.05) is 6.07 Å². The number of nitrogens with zero attached hydrogens (tertiary/aromatic N) is 2. The van der Waals surface area contributed by atoms with E-state index >= 15 is 0 Å². The van der Waals surface area contributed by atoms with Gasteiger partial charge in [0.2, 0.25) is 0 Å². The van der Waals surface area contributed by atoms with Crippen LogP contribution in [0.15, 0.2) is 18.2 Å². The molecule has 0 bridgehead atoms. The molecule has 1 atom stereocenters. The molecule has 0 aromatic carbocycles. The summed E-state index contributed by atoms with van der Waals surface area (Å²) in [4.78, 5) is 18.3. The first-order chi connectivity index (χ1) is 9.58. The van der Waals surface area contributed by atoms with Gasteiger partial charge in [-0.2, -0.15) is 0 Å². The minimum atomic E-state index is -0.340. The van der Waals surface area contributed by atoms with E-state index in [-0.39, 0.29) is 11.6 Å². The number of ether oxygens (including phenoxy) is 1. The third-order valence-corrected chi connectivity index (χ3v) is 4.04. The van der Waals surface area contributed by atoms with Crippen molar-refractivity contribution in [2.75, 3.05) is 24.6 Å².